The summed E-state index contributed by atoms with van der Waals surface area (Å²) in [5.41, 5.74) is 3.35. The maximum Gasteiger partial charge on any atom is 0.307 e. The van der Waals surface area contributed by atoms with Crippen LogP contribution in [0.4, 0.5) is 0 Å². The molecule has 1 amide bonds. The summed E-state index contributed by atoms with van der Waals surface area (Å²) in [7, 11) is 0. The molecule has 1 aromatic rings. The average Bonchev–Trinajstić information content (AvgIpc) is 3.09. The highest BCUT2D eigenvalue weighted by Gasteiger charge is 2.57. The predicted octanol–water partition coefficient (Wildman–Crippen LogP) is 2.39. The quantitative estimate of drug-likeness (QED) is 0.836. The van der Waals surface area contributed by atoms with Gasteiger partial charge in [-0.2, -0.15) is 0 Å². The molecule has 2 aliphatic carbocycles. The van der Waals surface area contributed by atoms with Crippen LogP contribution in [0, 0.1) is 23.7 Å². The Morgan fingerprint density at radius 1 is 1.17 bits per heavy atom. The number of aromatic nitrogens is 1. The summed E-state index contributed by atoms with van der Waals surface area (Å²) in [6.45, 7) is 4.46. The van der Waals surface area contributed by atoms with Gasteiger partial charge in [0.05, 0.1) is 11.8 Å². The second-order valence-electron chi connectivity index (χ2n) is 6.71. The predicted molar refractivity (Wildman–Crippen MR) is 85.3 cm³/mol. The number of carbonyl (C=O) groups excluding carboxylic acids is 1. The third-order valence-corrected chi connectivity index (χ3v) is 5.22. The molecule has 5 nitrogen and oxygen atoms in total. The van der Waals surface area contributed by atoms with Crippen molar-refractivity contribution in [3.05, 3.63) is 41.2 Å². The Bertz CT molecular complexity index is 649. The van der Waals surface area contributed by atoms with Gasteiger partial charge in [-0.1, -0.05) is 11.1 Å². The van der Waals surface area contributed by atoms with Gasteiger partial charge in [0.1, 0.15) is 0 Å². The van der Waals surface area contributed by atoms with E-state index >= 15 is 0 Å². The highest BCUT2D eigenvalue weighted by Crippen LogP contribution is 2.57. The highest BCUT2D eigenvalue weighted by molar-refractivity contribution is 5.87. The minimum Gasteiger partial charge on any atom is -0.481 e. The summed E-state index contributed by atoms with van der Waals surface area (Å²) in [5, 5.41) is 12.5. The third-order valence-electron chi connectivity index (χ3n) is 5.22. The average molecular weight is 314 g/mol. The molecule has 2 N–H and O–H groups in total. The summed E-state index contributed by atoms with van der Waals surface area (Å²) in [4.78, 5) is 28.4. The largest absolute Gasteiger partial charge is 0.481 e. The van der Waals surface area contributed by atoms with Crippen molar-refractivity contribution < 1.29 is 14.7 Å². The smallest absolute Gasteiger partial charge is 0.307 e. The van der Waals surface area contributed by atoms with Crippen LogP contribution in [0.2, 0.25) is 0 Å². The van der Waals surface area contributed by atoms with Crippen LogP contribution in [-0.2, 0) is 16.1 Å². The van der Waals surface area contributed by atoms with Crippen molar-refractivity contribution in [3.8, 4) is 0 Å². The zero-order valence-corrected chi connectivity index (χ0v) is 13.5. The Morgan fingerprint density at radius 3 is 2.35 bits per heavy atom. The zero-order chi connectivity index (χ0) is 16.6. The van der Waals surface area contributed by atoms with Gasteiger partial charge in [0.15, 0.2) is 0 Å². The number of carbonyl (C=O) groups is 2. The Balaban J connectivity index is 1.79. The van der Waals surface area contributed by atoms with Crippen molar-refractivity contribution in [1.29, 1.82) is 0 Å². The standard InChI is InChI=1S/C18H22N2O3/c1-10(2)14-12-3-4-13(14)16(18(22)23)15(12)17(21)20-9-11-5-7-19-8-6-11/h5-8,12-13,15-16H,3-4,9H2,1-2H3,(H,20,21)(H,22,23)/t12-,13-,15+,16-/m1/s1. The van der Waals surface area contributed by atoms with E-state index in [4.69, 9.17) is 0 Å². The molecule has 2 bridgehead atoms. The van der Waals surface area contributed by atoms with Gasteiger partial charge in [-0.15, -0.1) is 0 Å². The molecule has 0 spiro atoms. The molecule has 0 radical (unpaired) electrons. The minimum absolute atomic E-state index is 0.0270. The van der Waals surface area contributed by atoms with E-state index in [-0.39, 0.29) is 17.7 Å². The van der Waals surface area contributed by atoms with Crippen LogP contribution < -0.4 is 5.32 Å². The van der Waals surface area contributed by atoms with E-state index in [1.165, 1.54) is 11.1 Å². The first-order chi connectivity index (χ1) is 11.0. The normalized spacial score (nSPS) is 28.7. The SMILES string of the molecule is CC(C)=C1[C@H]2CC[C@H]1[C@@H](C(=O)O)[C@H]2C(=O)NCc1ccncc1. The van der Waals surface area contributed by atoms with Gasteiger partial charge in [-0.25, -0.2) is 0 Å². The third kappa shape index (κ3) is 2.76. The molecule has 0 aromatic carbocycles. The van der Waals surface area contributed by atoms with Gasteiger partial charge in [0.25, 0.3) is 0 Å². The number of amides is 1. The summed E-state index contributed by atoms with van der Waals surface area (Å²) >= 11 is 0. The molecule has 2 fully saturated rings. The summed E-state index contributed by atoms with van der Waals surface area (Å²) < 4.78 is 0. The minimum atomic E-state index is -0.847. The van der Waals surface area contributed by atoms with Crippen LogP contribution in [0.5, 0.6) is 0 Å². The molecule has 1 heterocycles. The fourth-order valence-electron chi connectivity index (χ4n) is 4.41. The lowest BCUT2D eigenvalue weighted by Gasteiger charge is -2.26. The van der Waals surface area contributed by atoms with Crippen molar-refractivity contribution in [3.63, 3.8) is 0 Å². The fourth-order valence-corrected chi connectivity index (χ4v) is 4.41. The molecular formula is C18H22N2O3. The van der Waals surface area contributed by atoms with Crippen LogP contribution in [0.3, 0.4) is 0 Å². The van der Waals surface area contributed by atoms with Crippen molar-refractivity contribution in [2.75, 3.05) is 0 Å². The number of hydrogen-bond donors (Lipinski definition) is 2. The van der Waals surface area contributed by atoms with Gasteiger partial charge in [-0.05, 0) is 56.2 Å². The number of aliphatic carboxylic acids is 1. The molecule has 0 aliphatic heterocycles. The lowest BCUT2D eigenvalue weighted by Crippen LogP contribution is -2.41. The van der Waals surface area contributed by atoms with Crippen LogP contribution in [-0.4, -0.2) is 22.0 Å². The second-order valence-corrected chi connectivity index (χ2v) is 6.71. The molecule has 4 atom stereocenters. The lowest BCUT2D eigenvalue weighted by molar-refractivity contribution is -0.149. The molecule has 1 aromatic heterocycles. The van der Waals surface area contributed by atoms with E-state index in [2.05, 4.69) is 10.3 Å². The molecular weight excluding hydrogens is 292 g/mol. The Hall–Kier alpha value is -2.17. The zero-order valence-electron chi connectivity index (χ0n) is 13.5. The summed E-state index contributed by atoms with van der Waals surface area (Å²) in [6.07, 6.45) is 5.17. The summed E-state index contributed by atoms with van der Waals surface area (Å²) in [6, 6.07) is 3.69. The number of rotatable bonds is 4. The second kappa shape index (κ2) is 6.14. The van der Waals surface area contributed by atoms with E-state index in [1.807, 2.05) is 26.0 Å². The Labute approximate surface area is 135 Å². The first-order valence-corrected chi connectivity index (χ1v) is 8.07. The topological polar surface area (TPSA) is 79.3 Å². The van der Waals surface area contributed by atoms with E-state index in [0.717, 1.165) is 18.4 Å². The monoisotopic (exact) mass is 314 g/mol. The lowest BCUT2D eigenvalue weighted by atomic mass is 9.78. The van der Waals surface area contributed by atoms with Crippen molar-refractivity contribution in [2.45, 2.75) is 33.2 Å². The summed E-state index contributed by atoms with van der Waals surface area (Å²) in [5.74, 6) is -1.91. The number of nitrogens with zero attached hydrogens (tertiary/aromatic N) is 1. The number of carboxylic acid groups (broad SMARTS) is 1. The number of fused-ring (bicyclic) bond motifs is 2. The van der Waals surface area contributed by atoms with Crippen LogP contribution in [0.25, 0.3) is 0 Å². The number of carboxylic acids is 1. The molecule has 0 unspecified atom stereocenters. The highest BCUT2D eigenvalue weighted by atomic mass is 16.4. The van der Waals surface area contributed by atoms with Crippen LogP contribution >= 0.6 is 0 Å². The number of hydrogen-bond acceptors (Lipinski definition) is 3. The first-order valence-electron chi connectivity index (χ1n) is 8.07. The van der Waals surface area contributed by atoms with E-state index in [0.29, 0.717) is 6.54 Å². The van der Waals surface area contributed by atoms with Crippen LogP contribution in [0.15, 0.2) is 35.7 Å². The molecule has 2 saturated carbocycles. The molecule has 5 heteroatoms. The Morgan fingerprint density at radius 2 is 1.78 bits per heavy atom. The van der Waals surface area contributed by atoms with Gasteiger partial charge in [0.2, 0.25) is 5.91 Å². The van der Waals surface area contributed by atoms with Gasteiger partial charge < -0.3 is 10.4 Å². The van der Waals surface area contributed by atoms with Crippen molar-refractivity contribution >= 4 is 11.9 Å². The Kier molecular flexibility index (Phi) is 4.20. The molecule has 0 saturated heterocycles. The van der Waals surface area contributed by atoms with E-state index in [9.17, 15) is 14.7 Å². The molecule has 3 rings (SSSR count). The van der Waals surface area contributed by atoms with E-state index in [1.54, 1.807) is 12.4 Å². The van der Waals surface area contributed by atoms with Gasteiger partial charge in [0, 0.05) is 18.9 Å². The molecule has 23 heavy (non-hydrogen) atoms. The number of pyridine rings is 1. The van der Waals surface area contributed by atoms with Crippen molar-refractivity contribution in [2.24, 2.45) is 23.7 Å². The number of allylic oxidation sites excluding steroid dienone is 2. The molecule has 2 aliphatic rings. The van der Waals surface area contributed by atoms with Gasteiger partial charge in [-0.3, -0.25) is 14.6 Å². The van der Waals surface area contributed by atoms with Crippen LogP contribution in [0.1, 0.15) is 32.3 Å². The number of nitrogens with one attached hydrogen (secondary N) is 1. The van der Waals surface area contributed by atoms with Crippen molar-refractivity contribution in [1.82, 2.24) is 10.3 Å². The first kappa shape index (κ1) is 15.7. The van der Waals surface area contributed by atoms with Gasteiger partial charge >= 0.3 is 5.97 Å². The maximum atomic E-state index is 12.7. The van der Waals surface area contributed by atoms with E-state index < -0.39 is 17.8 Å². The maximum absolute atomic E-state index is 12.7. The fraction of sp³-hybridized carbons (Fsp3) is 0.500. The molecule has 122 valence electrons.